The Labute approximate surface area is 159 Å². The predicted octanol–water partition coefficient (Wildman–Crippen LogP) is 2.35. The molecule has 142 valence electrons. The first-order chi connectivity index (χ1) is 13.5. The van der Waals surface area contributed by atoms with E-state index in [4.69, 9.17) is 10.5 Å². The molecule has 4 rings (SSSR count). The first-order valence-electron chi connectivity index (χ1n) is 8.65. The van der Waals surface area contributed by atoms with Crippen LogP contribution >= 0.6 is 0 Å². The van der Waals surface area contributed by atoms with Crippen LogP contribution in [-0.2, 0) is 9.59 Å². The molecule has 7 nitrogen and oxygen atoms in total. The fourth-order valence-electron chi connectivity index (χ4n) is 3.25. The van der Waals surface area contributed by atoms with Crippen molar-refractivity contribution in [2.75, 3.05) is 11.9 Å². The van der Waals surface area contributed by atoms with Gasteiger partial charge in [-0.2, -0.15) is 0 Å². The molecule has 3 N–H and O–H groups in total. The van der Waals surface area contributed by atoms with E-state index in [-0.39, 0.29) is 30.7 Å². The lowest BCUT2D eigenvalue weighted by molar-refractivity contribution is -0.120. The molecule has 28 heavy (non-hydrogen) atoms. The smallest absolute Gasteiger partial charge is 0.255 e. The van der Waals surface area contributed by atoms with Gasteiger partial charge in [0.1, 0.15) is 23.7 Å². The summed E-state index contributed by atoms with van der Waals surface area (Å²) in [5, 5.41) is 2.83. The lowest BCUT2D eigenvalue weighted by Gasteiger charge is -2.23. The summed E-state index contributed by atoms with van der Waals surface area (Å²) in [6, 6.07) is 13.2. The summed E-state index contributed by atoms with van der Waals surface area (Å²) in [5.41, 5.74) is 7.23. The molecule has 2 aromatic carbocycles. The number of nitrogens with two attached hydrogens (primary N) is 1. The molecular weight excluding hydrogens is 363 g/mol. The van der Waals surface area contributed by atoms with Crippen LogP contribution in [0.2, 0.25) is 0 Å². The number of imidazole rings is 1. The molecular formula is C20H17FN4O3. The highest BCUT2D eigenvalue weighted by molar-refractivity contribution is 5.94. The van der Waals surface area contributed by atoms with E-state index in [1.54, 1.807) is 35.2 Å². The van der Waals surface area contributed by atoms with Crippen LogP contribution in [0.5, 0.6) is 5.75 Å². The first-order valence-corrected chi connectivity index (χ1v) is 8.65. The first kappa shape index (κ1) is 17.7. The number of anilines is 1. The van der Waals surface area contributed by atoms with Gasteiger partial charge < -0.3 is 15.8 Å². The number of hydrogen-bond donors (Lipinski definition) is 2. The number of nitrogens with zero attached hydrogens (tertiary/aromatic N) is 2. The molecule has 0 spiro atoms. The van der Waals surface area contributed by atoms with E-state index >= 15 is 0 Å². The zero-order valence-corrected chi connectivity index (χ0v) is 14.8. The highest BCUT2D eigenvalue weighted by Gasteiger charge is 2.31. The Morgan fingerprint density at radius 3 is 2.79 bits per heavy atom. The standard InChI is InChI=1S/C20H17FN4O3/c21-13-2-1-3-14(8-13)25-11-23-19-16(9-18(27)24-20(19)25)12-4-6-15(7-5-12)28-10-17(22)26/h1-8,11,16H,9-10H2,(H2,22,26)(H,24,27)/t16-/m0/s1. The molecule has 1 aliphatic heterocycles. The molecule has 0 bridgehead atoms. The molecule has 0 aliphatic carbocycles. The summed E-state index contributed by atoms with van der Waals surface area (Å²) in [7, 11) is 0. The minimum Gasteiger partial charge on any atom is -0.484 e. The van der Waals surface area contributed by atoms with Crippen molar-refractivity contribution in [1.29, 1.82) is 0 Å². The minimum atomic E-state index is -0.555. The maximum atomic E-state index is 13.6. The molecule has 3 aromatic rings. The number of primary amides is 1. The zero-order chi connectivity index (χ0) is 19.7. The van der Waals surface area contributed by atoms with Gasteiger partial charge in [-0.3, -0.25) is 14.2 Å². The average molecular weight is 380 g/mol. The molecule has 0 radical (unpaired) electrons. The molecule has 1 atom stereocenters. The van der Waals surface area contributed by atoms with Crippen molar-refractivity contribution < 1.29 is 18.7 Å². The lowest BCUT2D eigenvalue weighted by atomic mass is 9.90. The molecule has 0 unspecified atom stereocenters. The van der Waals surface area contributed by atoms with Crippen molar-refractivity contribution in [3.8, 4) is 11.4 Å². The van der Waals surface area contributed by atoms with Gasteiger partial charge in [0.25, 0.3) is 5.91 Å². The van der Waals surface area contributed by atoms with E-state index < -0.39 is 5.91 Å². The van der Waals surface area contributed by atoms with Gasteiger partial charge in [0.15, 0.2) is 6.61 Å². The van der Waals surface area contributed by atoms with Gasteiger partial charge in [-0.05, 0) is 35.9 Å². The molecule has 2 heterocycles. The van der Waals surface area contributed by atoms with E-state index in [1.807, 2.05) is 12.1 Å². The van der Waals surface area contributed by atoms with E-state index in [2.05, 4.69) is 10.3 Å². The summed E-state index contributed by atoms with van der Waals surface area (Å²) >= 11 is 0. The number of fused-ring (bicyclic) bond motifs is 1. The van der Waals surface area contributed by atoms with E-state index in [1.165, 1.54) is 12.1 Å². The fourth-order valence-corrected chi connectivity index (χ4v) is 3.25. The van der Waals surface area contributed by atoms with Gasteiger partial charge in [0, 0.05) is 12.3 Å². The maximum Gasteiger partial charge on any atom is 0.255 e. The third kappa shape index (κ3) is 3.44. The Kier molecular flexibility index (Phi) is 4.52. The van der Waals surface area contributed by atoms with Crippen LogP contribution in [0.15, 0.2) is 54.9 Å². The number of aromatic nitrogens is 2. The topological polar surface area (TPSA) is 99.2 Å². The van der Waals surface area contributed by atoms with Gasteiger partial charge in [-0.15, -0.1) is 0 Å². The molecule has 2 amide bonds. The third-order valence-electron chi connectivity index (χ3n) is 4.52. The Bertz CT molecular complexity index is 1050. The summed E-state index contributed by atoms with van der Waals surface area (Å²) in [6.45, 7) is -0.201. The number of ether oxygens (including phenoxy) is 1. The van der Waals surface area contributed by atoms with Gasteiger partial charge in [-0.25, -0.2) is 9.37 Å². The predicted molar refractivity (Wildman–Crippen MR) is 99.7 cm³/mol. The van der Waals surface area contributed by atoms with Crippen molar-refractivity contribution >= 4 is 17.6 Å². The Hall–Kier alpha value is -3.68. The second kappa shape index (κ2) is 7.15. The normalized spacial score (nSPS) is 15.6. The fraction of sp³-hybridized carbons (Fsp3) is 0.150. The number of benzene rings is 2. The van der Waals surface area contributed by atoms with Crippen LogP contribution in [0.1, 0.15) is 23.6 Å². The summed E-state index contributed by atoms with van der Waals surface area (Å²) in [4.78, 5) is 27.6. The molecule has 0 saturated heterocycles. The largest absolute Gasteiger partial charge is 0.484 e. The number of rotatable bonds is 5. The highest BCUT2D eigenvalue weighted by Crippen LogP contribution is 2.37. The minimum absolute atomic E-state index is 0.148. The molecule has 1 aliphatic rings. The SMILES string of the molecule is NC(=O)COc1ccc([C@@H]2CC(=O)Nc3c2ncn3-c2cccc(F)c2)cc1. The Morgan fingerprint density at radius 1 is 1.29 bits per heavy atom. The van der Waals surface area contributed by atoms with Crippen LogP contribution < -0.4 is 15.8 Å². The van der Waals surface area contributed by atoms with Crippen LogP contribution in [0.4, 0.5) is 10.2 Å². The number of hydrogen-bond acceptors (Lipinski definition) is 4. The van der Waals surface area contributed by atoms with Crippen molar-refractivity contribution in [2.45, 2.75) is 12.3 Å². The van der Waals surface area contributed by atoms with Crippen LogP contribution in [0.3, 0.4) is 0 Å². The summed E-state index contributed by atoms with van der Waals surface area (Å²) < 4.78 is 20.5. The van der Waals surface area contributed by atoms with Gasteiger partial charge >= 0.3 is 0 Å². The zero-order valence-electron chi connectivity index (χ0n) is 14.8. The number of carbonyl (C=O) groups excluding carboxylic acids is 2. The Morgan fingerprint density at radius 2 is 2.07 bits per heavy atom. The van der Waals surface area contributed by atoms with Gasteiger partial charge in [-0.1, -0.05) is 18.2 Å². The van der Waals surface area contributed by atoms with Crippen LogP contribution in [-0.4, -0.2) is 28.0 Å². The van der Waals surface area contributed by atoms with E-state index in [0.717, 1.165) is 5.56 Å². The molecule has 0 fully saturated rings. The number of halogens is 1. The number of amides is 2. The lowest BCUT2D eigenvalue weighted by Crippen LogP contribution is -2.25. The van der Waals surface area contributed by atoms with E-state index in [9.17, 15) is 14.0 Å². The number of nitrogens with one attached hydrogen (secondary N) is 1. The molecule has 8 heteroatoms. The summed E-state index contributed by atoms with van der Waals surface area (Å²) in [5.74, 6) is -0.284. The number of carbonyl (C=O) groups is 2. The average Bonchev–Trinajstić information content (AvgIpc) is 3.10. The van der Waals surface area contributed by atoms with Crippen molar-refractivity contribution in [3.05, 3.63) is 71.9 Å². The third-order valence-corrected chi connectivity index (χ3v) is 4.52. The van der Waals surface area contributed by atoms with Crippen LogP contribution in [0, 0.1) is 5.82 Å². The molecule has 0 saturated carbocycles. The quantitative estimate of drug-likeness (QED) is 0.710. The van der Waals surface area contributed by atoms with Gasteiger partial charge in [0.2, 0.25) is 5.91 Å². The Balaban J connectivity index is 1.66. The monoisotopic (exact) mass is 380 g/mol. The maximum absolute atomic E-state index is 13.6. The van der Waals surface area contributed by atoms with Crippen LogP contribution in [0.25, 0.3) is 5.69 Å². The molecule has 1 aromatic heterocycles. The van der Waals surface area contributed by atoms with Crippen molar-refractivity contribution in [1.82, 2.24) is 9.55 Å². The second-order valence-corrected chi connectivity index (χ2v) is 6.46. The summed E-state index contributed by atoms with van der Waals surface area (Å²) in [6.07, 6.45) is 1.82. The van der Waals surface area contributed by atoms with Crippen molar-refractivity contribution in [2.24, 2.45) is 5.73 Å². The van der Waals surface area contributed by atoms with Gasteiger partial charge in [0.05, 0.1) is 11.4 Å². The van der Waals surface area contributed by atoms with Crippen molar-refractivity contribution in [3.63, 3.8) is 0 Å². The second-order valence-electron chi connectivity index (χ2n) is 6.46. The highest BCUT2D eigenvalue weighted by atomic mass is 19.1. The van der Waals surface area contributed by atoms with E-state index in [0.29, 0.717) is 22.9 Å².